The van der Waals surface area contributed by atoms with Crippen molar-refractivity contribution in [2.75, 3.05) is 0 Å². The summed E-state index contributed by atoms with van der Waals surface area (Å²) in [6.45, 7) is 0. The summed E-state index contributed by atoms with van der Waals surface area (Å²) in [5.41, 5.74) is 0. The molecule has 0 spiro atoms. The van der Waals surface area contributed by atoms with Crippen LogP contribution >= 0.6 is 13.5 Å². The predicted molar refractivity (Wildman–Crippen MR) is 27.6 cm³/mol. The zero-order chi connectivity index (χ0) is 0. The fourth-order valence-corrected chi connectivity index (χ4v) is 0. The summed E-state index contributed by atoms with van der Waals surface area (Å²) in [5, 5.41) is 0. The summed E-state index contributed by atoms with van der Waals surface area (Å²) in [6.07, 6.45) is 0. The monoisotopic (exact) mass is 161 g/mol. The molecule has 0 bridgehead atoms. The Bertz CT molecular complexity index is 11.6. The molecule has 0 saturated heterocycles. The second-order valence-electron chi connectivity index (χ2n) is 0. The summed E-state index contributed by atoms with van der Waals surface area (Å²) < 4.78 is 0. The molecule has 0 nitrogen and oxygen atoms in total. The van der Waals surface area contributed by atoms with Crippen molar-refractivity contribution in [1.82, 2.24) is 0 Å². The molecule has 0 unspecified atom stereocenters. The van der Waals surface area contributed by atoms with Gasteiger partial charge < -0.3 is 0 Å². The maximum Gasteiger partial charge on any atom is 0 e. The third-order valence-electron chi connectivity index (χ3n) is 0. The Hall–Kier alpha value is 2.02. The third-order valence-corrected chi connectivity index (χ3v) is 0. The summed E-state index contributed by atoms with van der Waals surface area (Å²) >= 11 is 0. The van der Waals surface area contributed by atoms with Crippen LogP contribution in [0.1, 0.15) is 0 Å². The van der Waals surface area contributed by atoms with E-state index in [4.69, 9.17) is 0 Å². The van der Waals surface area contributed by atoms with E-state index in [1.165, 1.54) is 0 Å². The predicted octanol–water partition coefficient (Wildman–Crippen LogP) is -1.03. The Morgan fingerprint density at radius 3 is 1.00 bits per heavy atom. The van der Waals surface area contributed by atoms with Gasteiger partial charge in [-0.25, -0.2) is 0 Å². The molecule has 0 atom stereocenters. The summed E-state index contributed by atoms with van der Waals surface area (Å²) in [6, 6.07) is 0. The largest absolute Gasteiger partial charge is 0.197 e. The molecule has 0 aliphatic rings. The normalized spacial score (nSPS) is 0. The van der Waals surface area contributed by atoms with Crippen LogP contribution in [0.4, 0.5) is 0 Å². The molecule has 0 fully saturated rings. The molecule has 0 aliphatic heterocycles. The number of rotatable bonds is 0. The van der Waals surface area contributed by atoms with E-state index in [2.05, 4.69) is 0 Å². The Kier molecular flexibility index (Phi) is 463. The average Bonchev–Trinajstić information content (AvgIpc) is 0. The van der Waals surface area contributed by atoms with Crippen LogP contribution in [0.25, 0.3) is 0 Å². The maximum atomic E-state index is 0. The third kappa shape index (κ3) is 23.8. The van der Waals surface area contributed by atoms with Crippen molar-refractivity contribution in [2.45, 2.75) is 0 Å². The summed E-state index contributed by atoms with van der Waals surface area (Å²) in [7, 11) is 0. The van der Waals surface area contributed by atoms with Gasteiger partial charge in [-0.1, -0.05) is 0 Å². The molecule has 5 heavy (non-hydrogen) atoms. The quantitative estimate of drug-likeness (QED) is 0.400. The molecule has 0 aromatic carbocycles. The molecule has 0 aliphatic carbocycles. The second-order valence-corrected chi connectivity index (χ2v) is 0. The van der Waals surface area contributed by atoms with Gasteiger partial charge in [-0.3, -0.25) is 0 Å². The standard InChI is InChI=1S/B.Mg.H2S.Si.Zn/h;;1H2;;. The summed E-state index contributed by atoms with van der Waals surface area (Å²) in [4.78, 5) is 0. The molecule has 0 rings (SSSR count). The molecule has 0 amide bonds. The van der Waals surface area contributed by atoms with Gasteiger partial charge in [-0.2, -0.15) is 13.5 Å². The minimum absolute atomic E-state index is 0. The first-order valence-corrected chi connectivity index (χ1v) is 0. The molecule has 5 heteroatoms. The molecule has 0 aromatic heterocycles. The topological polar surface area (TPSA) is 0 Å². The number of hydrogen-bond donors (Lipinski definition) is 0. The fourth-order valence-electron chi connectivity index (χ4n) is 0. The molecule has 19 valence electrons. The second kappa shape index (κ2) is 37.2. The van der Waals surface area contributed by atoms with Gasteiger partial charge in [-0.05, 0) is 0 Å². The van der Waals surface area contributed by atoms with Crippen molar-refractivity contribution in [1.29, 1.82) is 0 Å². The SMILES string of the molecule is S.[B].[Mg].[Si].[Zn]. The van der Waals surface area contributed by atoms with E-state index in [0.29, 0.717) is 0 Å². The Morgan fingerprint density at radius 2 is 1.00 bits per heavy atom. The van der Waals surface area contributed by atoms with Crippen molar-refractivity contribution in [3.63, 3.8) is 0 Å². The van der Waals surface area contributed by atoms with Crippen molar-refractivity contribution in [3.8, 4) is 0 Å². The maximum absolute atomic E-state index is 0. The van der Waals surface area contributed by atoms with E-state index in [1.54, 1.807) is 0 Å². The van der Waals surface area contributed by atoms with Crippen LogP contribution < -0.4 is 0 Å². The van der Waals surface area contributed by atoms with Crippen molar-refractivity contribution >= 4 is 55.9 Å². The van der Waals surface area contributed by atoms with Crippen molar-refractivity contribution in [2.24, 2.45) is 0 Å². The molecule has 9 radical (unpaired) electrons. The molecular formula is H2BMgSSiZn. The molecule has 0 saturated carbocycles. The van der Waals surface area contributed by atoms with E-state index in [9.17, 15) is 0 Å². The Balaban J connectivity index is 0. The Labute approximate surface area is 74.8 Å². The van der Waals surface area contributed by atoms with E-state index in [0.717, 1.165) is 0 Å². The van der Waals surface area contributed by atoms with Crippen LogP contribution in [0.2, 0.25) is 0 Å². The first-order valence-electron chi connectivity index (χ1n) is 0. The van der Waals surface area contributed by atoms with Crippen molar-refractivity contribution < 1.29 is 19.5 Å². The zero-order valence-corrected chi connectivity index (χ0v) is 9.37. The minimum Gasteiger partial charge on any atom is -0.197 e. The van der Waals surface area contributed by atoms with Gasteiger partial charge in [0.15, 0.2) is 0 Å². The van der Waals surface area contributed by atoms with E-state index in [1.807, 2.05) is 0 Å². The summed E-state index contributed by atoms with van der Waals surface area (Å²) in [5.74, 6) is 0. The van der Waals surface area contributed by atoms with Crippen LogP contribution in [0.5, 0.6) is 0 Å². The first kappa shape index (κ1) is 62.3. The van der Waals surface area contributed by atoms with Gasteiger partial charge in [-0.15, -0.1) is 0 Å². The zero-order valence-electron chi connectivity index (χ0n) is 2.99. The molecule has 0 N–H and O–H groups in total. The van der Waals surface area contributed by atoms with Gasteiger partial charge in [0.2, 0.25) is 0 Å². The minimum atomic E-state index is 0. The van der Waals surface area contributed by atoms with Gasteiger partial charge in [0, 0.05) is 61.9 Å². The molecule has 0 aromatic rings. The van der Waals surface area contributed by atoms with E-state index in [-0.39, 0.29) is 75.4 Å². The average molecular weight is 163 g/mol. The van der Waals surface area contributed by atoms with Gasteiger partial charge in [0.05, 0.1) is 0 Å². The van der Waals surface area contributed by atoms with Crippen LogP contribution in [-0.2, 0) is 19.5 Å². The van der Waals surface area contributed by atoms with E-state index < -0.39 is 0 Å². The van der Waals surface area contributed by atoms with Gasteiger partial charge >= 0.3 is 0 Å². The van der Waals surface area contributed by atoms with Crippen LogP contribution in [0, 0.1) is 0 Å². The molecular weight excluding hydrogens is 161 g/mol. The van der Waals surface area contributed by atoms with Gasteiger partial charge in [0.25, 0.3) is 0 Å². The smallest absolute Gasteiger partial charge is 0 e. The van der Waals surface area contributed by atoms with E-state index >= 15 is 0 Å². The molecule has 0 heterocycles. The first-order chi connectivity index (χ1) is 0. The van der Waals surface area contributed by atoms with Crippen LogP contribution in [-0.4, -0.2) is 42.4 Å². The number of hydrogen-bond acceptors (Lipinski definition) is 0. The fraction of sp³-hybridized carbons (Fsp3) is 0. The van der Waals surface area contributed by atoms with Crippen LogP contribution in [0.3, 0.4) is 0 Å². The Morgan fingerprint density at radius 1 is 1.00 bits per heavy atom. The van der Waals surface area contributed by atoms with Crippen LogP contribution in [0.15, 0.2) is 0 Å². The van der Waals surface area contributed by atoms with Crippen molar-refractivity contribution in [3.05, 3.63) is 0 Å². The van der Waals surface area contributed by atoms with Gasteiger partial charge in [0.1, 0.15) is 0 Å².